The molecule has 0 radical (unpaired) electrons. The third-order valence-electron chi connectivity index (χ3n) is 2.49. The van der Waals surface area contributed by atoms with Crippen LogP contribution in [-0.2, 0) is 0 Å². The number of nitrogen functional groups attached to an aromatic ring is 1. The maximum absolute atomic E-state index is 6.11. The van der Waals surface area contributed by atoms with Crippen molar-refractivity contribution in [2.24, 2.45) is 5.41 Å². The Morgan fingerprint density at radius 1 is 1.35 bits per heavy atom. The number of hydrogen-bond acceptors (Lipinski definition) is 3. The summed E-state index contributed by atoms with van der Waals surface area (Å²) in [7, 11) is 4.16. The van der Waals surface area contributed by atoms with Crippen molar-refractivity contribution in [2.75, 3.05) is 38.2 Å². The third kappa shape index (κ3) is 4.84. The van der Waals surface area contributed by atoms with Crippen molar-refractivity contribution in [1.29, 1.82) is 0 Å². The molecule has 0 saturated heterocycles. The van der Waals surface area contributed by atoms with E-state index < -0.39 is 0 Å². The normalized spacial score (nSPS) is 11.9. The lowest BCUT2D eigenvalue weighted by Crippen LogP contribution is -2.34. The van der Waals surface area contributed by atoms with Gasteiger partial charge >= 0.3 is 0 Å². The van der Waals surface area contributed by atoms with E-state index in [2.05, 4.69) is 38.2 Å². The van der Waals surface area contributed by atoms with Gasteiger partial charge in [-0.2, -0.15) is 0 Å². The van der Waals surface area contributed by atoms with Gasteiger partial charge in [0.2, 0.25) is 0 Å². The van der Waals surface area contributed by atoms with Crippen molar-refractivity contribution in [3.05, 3.63) is 23.2 Å². The first-order valence-electron chi connectivity index (χ1n) is 5.74. The van der Waals surface area contributed by atoms with Crippen LogP contribution in [0.4, 0.5) is 11.4 Å². The van der Waals surface area contributed by atoms with Crippen molar-refractivity contribution < 1.29 is 0 Å². The smallest absolute Gasteiger partial charge is 0.0657 e. The fourth-order valence-corrected chi connectivity index (χ4v) is 2.18. The molecule has 1 aromatic rings. The summed E-state index contributed by atoms with van der Waals surface area (Å²) in [4.78, 5) is 2.19. The Kier molecular flexibility index (Phi) is 4.66. The lowest BCUT2D eigenvalue weighted by Gasteiger charge is -2.29. The molecule has 0 atom stereocenters. The van der Waals surface area contributed by atoms with Crippen molar-refractivity contribution in [2.45, 2.75) is 13.8 Å². The number of nitrogens with one attached hydrogen (secondary N) is 1. The monoisotopic (exact) mass is 255 g/mol. The van der Waals surface area contributed by atoms with Crippen LogP contribution in [0.25, 0.3) is 0 Å². The number of nitrogens with zero attached hydrogens (tertiary/aromatic N) is 1. The number of rotatable bonds is 5. The number of nitrogens with two attached hydrogens (primary N) is 1. The van der Waals surface area contributed by atoms with Crippen LogP contribution in [0.15, 0.2) is 18.2 Å². The summed E-state index contributed by atoms with van der Waals surface area (Å²) in [6, 6.07) is 5.54. The molecular weight excluding hydrogens is 234 g/mol. The lowest BCUT2D eigenvalue weighted by molar-refractivity contribution is 0.254. The fraction of sp³-hybridized carbons (Fsp3) is 0.538. The molecular formula is C13H22ClN3. The average molecular weight is 256 g/mol. The summed E-state index contributed by atoms with van der Waals surface area (Å²) in [6.45, 7) is 6.35. The quantitative estimate of drug-likeness (QED) is 0.795. The number of halogens is 1. The van der Waals surface area contributed by atoms with Crippen LogP contribution in [0.3, 0.4) is 0 Å². The second-order valence-electron chi connectivity index (χ2n) is 5.49. The summed E-state index contributed by atoms with van der Waals surface area (Å²) in [5.41, 5.74) is 7.47. The van der Waals surface area contributed by atoms with E-state index in [0.717, 1.165) is 18.8 Å². The van der Waals surface area contributed by atoms with E-state index in [1.54, 1.807) is 6.07 Å². The Bertz CT molecular complexity index is 375. The highest BCUT2D eigenvalue weighted by Crippen LogP contribution is 2.25. The van der Waals surface area contributed by atoms with E-state index in [-0.39, 0.29) is 5.41 Å². The first-order chi connectivity index (χ1) is 7.80. The van der Waals surface area contributed by atoms with Gasteiger partial charge < -0.3 is 16.0 Å². The van der Waals surface area contributed by atoms with Gasteiger partial charge in [0.15, 0.2) is 0 Å². The van der Waals surface area contributed by atoms with E-state index >= 15 is 0 Å². The molecule has 0 amide bonds. The van der Waals surface area contributed by atoms with Crippen molar-refractivity contribution in [1.82, 2.24) is 4.90 Å². The second kappa shape index (κ2) is 5.61. The molecule has 3 nitrogen and oxygen atoms in total. The van der Waals surface area contributed by atoms with Crippen LogP contribution in [0.1, 0.15) is 13.8 Å². The van der Waals surface area contributed by atoms with Crippen LogP contribution in [0, 0.1) is 5.41 Å². The Labute approximate surface area is 109 Å². The minimum Gasteiger partial charge on any atom is -0.399 e. The van der Waals surface area contributed by atoms with Gasteiger partial charge in [0.1, 0.15) is 0 Å². The summed E-state index contributed by atoms with van der Waals surface area (Å²) in [6.07, 6.45) is 0. The number of benzene rings is 1. The second-order valence-corrected chi connectivity index (χ2v) is 5.90. The Morgan fingerprint density at radius 2 is 2.00 bits per heavy atom. The fourth-order valence-electron chi connectivity index (χ4n) is 1.92. The minimum atomic E-state index is 0.189. The molecule has 17 heavy (non-hydrogen) atoms. The van der Waals surface area contributed by atoms with Gasteiger partial charge in [-0.25, -0.2) is 0 Å². The summed E-state index contributed by atoms with van der Waals surface area (Å²) in [5.74, 6) is 0. The zero-order valence-corrected chi connectivity index (χ0v) is 11.8. The lowest BCUT2D eigenvalue weighted by atomic mass is 9.93. The zero-order valence-electron chi connectivity index (χ0n) is 11.0. The average Bonchev–Trinajstić information content (AvgIpc) is 2.14. The van der Waals surface area contributed by atoms with Crippen LogP contribution < -0.4 is 11.1 Å². The first kappa shape index (κ1) is 14.1. The van der Waals surface area contributed by atoms with Crippen LogP contribution in [0.2, 0.25) is 5.02 Å². The molecule has 0 unspecified atom stereocenters. The van der Waals surface area contributed by atoms with Crippen molar-refractivity contribution in [3.8, 4) is 0 Å². The highest BCUT2D eigenvalue weighted by atomic mass is 35.5. The molecule has 4 heteroatoms. The van der Waals surface area contributed by atoms with Gasteiger partial charge in [0.25, 0.3) is 0 Å². The predicted molar refractivity (Wildman–Crippen MR) is 76.7 cm³/mol. The molecule has 0 aliphatic carbocycles. The maximum atomic E-state index is 6.11. The Morgan fingerprint density at radius 3 is 2.53 bits per heavy atom. The van der Waals surface area contributed by atoms with Gasteiger partial charge in [-0.1, -0.05) is 25.4 Å². The standard InChI is InChI=1S/C13H22ClN3/c1-13(2,9-17(3)4)8-16-12-6-5-10(15)7-11(12)14/h5-7,16H,8-9,15H2,1-4H3. The summed E-state index contributed by atoms with van der Waals surface area (Å²) in [5, 5.41) is 4.04. The molecule has 0 saturated carbocycles. The largest absolute Gasteiger partial charge is 0.399 e. The molecule has 0 aromatic heterocycles. The van der Waals surface area contributed by atoms with E-state index in [1.165, 1.54) is 0 Å². The number of hydrogen-bond donors (Lipinski definition) is 2. The van der Waals surface area contributed by atoms with E-state index in [0.29, 0.717) is 10.7 Å². The van der Waals surface area contributed by atoms with E-state index in [4.69, 9.17) is 17.3 Å². The molecule has 0 bridgehead atoms. The third-order valence-corrected chi connectivity index (χ3v) is 2.81. The molecule has 3 N–H and O–H groups in total. The van der Waals surface area contributed by atoms with E-state index in [9.17, 15) is 0 Å². The van der Waals surface area contributed by atoms with Crippen LogP contribution >= 0.6 is 11.6 Å². The maximum Gasteiger partial charge on any atom is 0.0657 e. The van der Waals surface area contributed by atoms with Gasteiger partial charge in [0, 0.05) is 18.8 Å². The summed E-state index contributed by atoms with van der Waals surface area (Å²) < 4.78 is 0. The van der Waals surface area contributed by atoms with E-state index in [1.807, 2.05) is 12.1 Å². The topological polar surface area (TPSA) is 41.3 Å². The van der Waals surface area contributed by atoms with Gasteiger partial charge in [-0.15, -0.1) is 0 Å². The van der Waals surface area contributed by atoms with Crippen molar-refractivity contribution in [3.63, 3.8) is 0 Å². The molecule has 0 spiro atoms. The Balaban J connectivity index is 2.61. The molecule has 0 aliphatic rings. The first-order valence-corrected chi connectivity index (χ1v) is 6.11. The van der Waals surface area contributed by atoms with Gasteiger partial charge in [-0.05, 0) is 37.7 Å². The zero-order chi connectivity index (χ0) is 13.1. The molecule has 0 fully saturated rings. The van der Waals surface area contributed by atoms with Crippen LogP contribution in [0.5, 0.6) is 0 Å². The SMILES string of the molecule is CN(C)CC(C)(C)CNc1ccc(N)cc1Cl. The predicted octanol–water partition coefficient (Wildman–Crippen LogP) is 2.92. The molecule has 0 aliphatic heterocycles. The molecule has 1 rings (SSSR count). The minimum absolute atomic E-state index is 0.189. The van der Waals surface area contributed by atoms with Gasteiger partial charge in [0.05, 0.1) is 10.7 Å². The van der Waals surface area contributed by atoms with Crippen molar-refractivity contribution >= 4 is 23.0 Å². The summed E-state index contributed by atoms with van der Waals surface area (Å²) >= 11 is 6.11. The van der Waals surface area contributed by atoms with Gasteiger partial charge in [-0.3, -0.25) is 0 Å². The molecule has 1 aromatic carbocycles. The molecule has 0 heterocycles. The number of anilines is 2. The molecule has 96 valence electrons. The highest BCUT2D eigenvalue weighted by molar-refractivity contribution is 6.33. The highest BCUT2D eigenvalue weighted by Gasteiger charge is 2.18. The van der Waals surface area contributed by atoms with Crippen LogP contribution in [-0.4, -0.2) is 32.1 Å². The Hall–Kier alpha value is -0.930.